The Labute approximate surface area is 151 Å². The van der Waals surface area contributed by atoms with Crippen molar-refractivity contribution in [1.29, 1.82) is 0 Å². The molecule has 138 valence electrons. The molecule has 2 fully saturated rings. The largest absolute Gasteiger partial charge is 0.389 e. The fourth-order valence-electron chi connectivity index (χ4n) is 3.74. The van der Waals surface area contributed by atoms with E-state index in [0.29, 0.717) is 38.2 Å². The maximum Gasteiger partial charge on any atom is 0.272 e. The lowest BCUT2D eigenvalue weighted by Gasteiger charge is -2.28. The van der Waals surface area contributed by atoms with Crippen LogP contribution in [0.4, 0.5) is 4.39 Å². The predicted molar refractivity (Wildman–Crippen MR) is 94.4 cm³/mol. The van der Waals surface area contributed by atoms with Gasteiger partial charge < -0.3 is 14.7 Å². The summed E-state index contributed by atoms with van der Waals surface area (Å²) < 4.78 is 19.3. The maximum absolute atomic E-state index is 14.0. The van der Waals surface area contributed by atoms with Gasteiger partial charge in [-0.3, -0.25) is 9.69 Å². The SMILES string of the molecule is O=C(c1ccc2cccc(F)c2n1)N1CCCN([C@H]2COC[C@@H]2O)CC1. The van der Waals surface area contributed by atoms with Gasteiger partial charge in [0.15, 0.2) is 0 Å². The van der Waals surface area contributed by atoms with E-state index in [1.807, 2.05) is 0 Å². The normalized spacial score (nSPS) is 24.8. The first-order valence-electron chi connectivity index (χ1n) is 8.98. The molecule has 2 saturated heterocycles. The molecule has 1 N–H and O–H groups in total. The van der Waals surface area contributed by atoms with Crippen LogP contribution in [0.5, 0.6) is 0 Å². The van der Waals surface area contributed by atoms with E-state index in [4.69, 9.17) is 4.74 Å². The summed E-state index contributed by atoms with van der Waals surface area (Å²) in [6.45, 7) is 3.57. The lowest BCUT2D eigenvalue weighted by molar-refractivity contribution is 0.0720. The highest BCUT2D eigenvalue weighted by atomic mass is 19.1. The molecule has 0 saturated carbocycles. The zero-order valence-corrected chi connectivity index (χ0v) is 14.5. The maximum atomic E-state index is 14.0. The zero-order chi connectivity index (χ0) is 18.1. The van der Waals surface area contributed by atoms with Crippen LogP contribution in [-0.2, 0) is 4.74 Å². The fraction of sp³-hybridized carbons (Fsp3) is 0.474. The van der Waals surface area contributed by atoms with Crippen molar-refractivity contribution in [3.05, 3.63) is 41.8 Å². The fourth-order valence-corrected chi connectivity index (χ4v) is 3.74. The molecule has 0 aliphatic carbocycles. The molecule has 1 aromatic carbocycles. The quantitative estimate of drug-likeness (QED) is 0.875. The second kappa shape index (κ2) is 7.26. The Morgan fingerprint density at radius 3 is 2.85 bits per heavy atom. The summed E-state index contributed by atoms with van der Waals surface area (Å²) in [6, 6.07) is 8.14. The third-order valence-electron chi connectivity index (χ3n) is 5.20. The number of aliphatic hydroxyl groups is 1. The van der Waals surface area contributed by atoms with Gasteiger partial charge in [-0.15, -0.1) is 0 Å². The molecule has 4 rings (SSSR count). The summed E-state index contributed by atoms with van der Waals surface area (Å²) in [6.07, 6.45) is 0.346. The van der Waals surface area contributed by atoms with E-state index in [0.717, 1.165) is 13.0 Å². The molecule has 1 amide bonds. The number of hydrogen-bond acceptors (Lipinski definition) is 5. The van der Waals surface area contributed by atoms with E-state index in [-0.39, 0.29) is 23.2 Å². The lowest BCUT2D eigenvalue weighted by Crippen LogP contribution is -2.45. The molecule has 2 aliphatic rings. The summed E-state index contributed by atoms with van der Waals surface area (Å²) in [5.74, 6) is -0.602. The summed E-state index contributed by atoms with van der Waals surface area (Å²) in [5, 5.41) is 10.7. The van der Waals surface area contributed by atoms with E-state index < -0.39 is 11.9 Å². The zero-order valence-electron chi connectivity index (χ0n) is 14.5. The molecule has 2 aliphatic heterocycles. The molecule has 2 aromatic rings. The number of halogens is 1. The molecule has 0 radical (unpaired) electrons. The van der Waals surface area contributed by atoms with Crippen LogP contribution in [-0.4, -0.2) is 77.3 Å². The third-order valence-corrected chi connectivity index (χ3v) is 5.20. The van der Waals surface area contributed by atoms with Gasteiger partial charge in [0, 0.05) is 31.6 Å². The van der Waals surface area contributed by atoms with Crippen LogP contribution >= 0.6 is 0 Å². The van der Waals surface area contributed by atoms with Gasteiger partial charge in [0.05, 0.1) is 25.4 Å². The van der Waals surface area contributed by atoms with E-state index in [1.54, 1.807) is 29.2 Å². The van der Waals surface area contributed by atoms with Crippen LogP contribution in [0.3, 0.4) is 0 Å². The first-order valence-corrected chi connectivity index (χ1v) is 8.98. The van der Waals surface area contributed by atoms with Gasteiger partial charge in [-0.2, -0.15) is 0 Å². The second-order valence-electron chi connectivity index (χ2n) is 6.86. The smallest absolute Gasteiger partial charge is 0.272 e. The number of pyridine rings is 1. The molecule has 2 atom stereocenters. The molecule has 1 aromatic heterocycles. The van der Waals surface area contributed by atoms with E-state index in [1.165, 1.54) is 6.07 Å². The van der Waals surface area contributed by atoms with Crippen LogP contribution in [0, 0.1) is 5.82 Å². The number of carbonyl (C=O) groups excluding carboxylic acids is 1. The second-order valence-corrected chi connectivity index (χ2v) is 6.86. The predicted octanol–water partition coefficient (Wildman–Crippen LogP) is 1.28. The van der Waals surface area contributed by atoms with E-state index in [9.17, 15) is 14.3 Å². The van der Waals surface area contributed by atoms with Crippen LogP contribution in [0.1, 0.15) is 16.9 Å². The summed E-state index contributed by atoms with van der Waals surface area (Å²) >= 11 is 0. The van der Waals surface area contributed by atoms with Gasteiger partial charge in [-0.25, -0.2) is 9.37 Å². The number of aromatic nitrogens is 1. The van der Waals surface area contributed by atoms with Crippen LogP contribution in [0.15, 0.2) is 30.3 Å². The third kappa shape index (κ3) is 3.30. The number of ether oxygens (including phenoxy) is 1. The number of carbonyl (C=O) groups is 1. The number of benzene rings is 1. The summed E-state index contributed by atoms with van der Waals surface area (Å²) in [4.78, 5) is 21.1. The Bertz CT molecular complexity index is 816. The van der Waals surface area contributed by atoms with Crippen LogP contribution in [0.25, 0.3) is 10.9 Å². The average molecular weight is 359 g/mol. The van der Waals surface area contributed by atoms with Crippen LogP contribution in [0.2, 0.25) is 0 Å². The average Bonchev–Trinajstić information content (AvgIpc) is 2.93. The van der Waals surface area contributed by atoms with Gasteiger partial charge >= 0.3 is 0 Å². The van der Waals surface area contributed by atoms with Gasteiger partial charge in [-0.05, 0) is 18.6 Å². The number of aliphatic hydroxyl groups excluding tert-OH is 1. The molecule has 0 unspecified atom stereocenters. The standard InChI is InChI=1S/C19H22FN3O3/c20-14-4-1-3-13-5-6-15(21-18(13)14)19(25)23-8-2-7-22(9-10-23)16-11-26-12-17(16)24/h1,3-6,16-17,24H,2,7-12H2/t16-,17-/m0/s1. The van der Waals surface area contributed by atoms with Crippen molar-refractivity contribution >= 4 is 16.8 Å². The Kier molecular flexibility index (Phi) is 4.84. The van der Waals surface area contributed by atoms with Crippen molar-refractivity contribution in [1.82, 2.24) is 14.8 Å². The highest BCUT2D eigenvalue weighted by molar-refractivity contribution is 5.95. The van der Waals surface area contributed by atoms with E-state index >= 15 is 0 Å². The minimum Gasteiger partial charge on any atom is -0.389 e. The van der Waals surface area contributed by atoms with Crippen molar-refractivity contribution in [2.75, 3.05) is 39.4 Å². The van der Waals surface area contributed by atoms with Crippen molar-refractivity contribution in [2.24, 2.45) is 0 Å². The summed E-state index contributed by atoms with van der Waals surface area (Å²) in [7, 11) is 0. The molecule has 26 heavy (non-hydrogen) atoms. The highest BCUT2D eigenvalue weighted by Gasteiger charge is 2.33. The Morgan fingerprint density at radius 2 is 2.04 bits per heavy atom. The molecular formula is C19H22FN3O3. The Morgan fingerprint density at radius 1 is 1.15 bits per heavy atom. The number of fused-ring (bicyclic) bond motifs is 1. The number of nitrogens with zero attached hydrogens (tertiary/aromatic N) is 3. The minimum atomic E-state index is -0.470. The van der Waals surface area contributed by atoms with Crippen molar-refractivity contribution < 1.29 is 19.0 Å². The van der Waals surface area contributed by atoms with Crippen molar-refractivity contribution in [3.8, 4) is 0 Å². The molecule has 0 bridgehead atoms. The van der Waals surface area contributed by atoms with Gasteiger partial charge in [-0.1, -0.05) is 18.2 Å². The number of hydrogen-bond donors (Lipinski definition) is 1. The summed E-state index contributed by atoms with van der Waals surface area (Å²) in [5.41, 5.74) is 0.487. The van der Waals surface area contributed by atoms with E-state index in [2.05, 4.69) is 9.88 Å². The molecule has 0 spiro atoms. The molecule has 7 heteroatoms. The minimum absolute atomic E-state index is 0.00191. The van der Waals surface area contributed by atoms with Crippen LogP contribution < -0.4 is 0 Å². The first kappa shape index (κ1) is 17.3. The number of amides is 1. The Balaban J connectivity index is 1.49. The van der Waals surface area contributed by atoms with Gasteiger partial charge in [0.1, 0.15) is 17.0 Å². The highest BCUT2D eigenvalue weighted by Crippen LogP contribution is 2.19. The van der Waals surface area contributed by atoms with Gasteiger partial charge in [0.2, 0.25) is 0 Å². The molecule has 6 nitrogen and oxygen atoms in total. The first-order chi connectivity index (χ1) is 12.6. The molecular weight excluding hydrogens is 337 g/mol. The lowest BCUT2D eigenvalue weighted by atomic mass is 10.2. The monoisotopic (exact) mass is 359 g/mol. The topological polar surface area (TPSA) is 65.9 Å². The van der Waals surface area contributed by atoms with Crippen molar-refractivity contribution in [2.45, 2.75) is 18.6 Å². The molecule has 3 heterocycles. The number of rotatable bonds is 2. The number of para-hydroxylation sites is 1. The van der Waals surface area contributed by atoms with Gasteiger partial charge in [0.25, 0.3) is 5.91 Å². The van der Waals surface area contributed by atoms with Crippen molar-refractivity contribution in [3.63, 3.8) is 0 Å². The Hall–Kier alpha value is -2.09.